The van der Waals surface area contributed by atoms with Gasteiger partial charge in [-0.15, -0.1) is 0 Å². The molecule has 1 aliphatic rings. The predicted octanol–water partition coefficient (Wildman–Crippen LogP) is 4.11. The summed E-state index contributed by atoms with van der Waals surface area (Å²) >= 11 is 0. The highest BCUT2D eigenvalue weighted by Gasteiger charge is 2.35. The lowest BCUT2D eigenvalue weighted by Crippen LogP contribution is -2.41. The fraction of sp³-hybridized carbons (Fsp3) is 0.250. The molecular weight excluding hydrogens is 428 g/mol. The van der Waals surface area contributed by atoms with Gasteiger partial charge in [0.15, 0.2) is 0 Å². The Morgan fingerprint density at radius 3 is 2.42 bits per heavy atom. The third-order valence-corrected chi connectivity index (χ3v) is 4.65. The molecule has 0 saturated carbocycles. The maximum atomic E-state index is 14.0. The SMILES string of the molecule is CN(C(=O)CN1N=C(c2ccc(F)cc2F)CCC1=O)c1ccc(F)c(C(F)(F)F)c1. The van der Waals surface area contributed by atoms with Crippen molar-refractivity contribution < 1.29 is 35.9 Å². The van der Waals surface area contributed by atoms with Crippen LogP contribution >= 0.6 is 0 Å². The molecule has 0 radical (unpaired) electrons. The van der Waals surface area contributed by atoms with Crippen molar-refractivity contribution in [2.75, 3.05) is 18.5 Å². The number of halogens is 6. The Bertz CT molecular complexity index is 1070. The Morgan fingerprint density at radius 2 is 1.77 bits per heavy atom. The minimum absolute atomic E-state index is 0.0342. The first-order valence-electron chi connectivity index (χ1n) is 8.94. The van der Waals surface area contributed by atoms with Gasteiger partial charge in [0.1, 0.15) is 24.0 Å². The minimum Gasteiger partial charge on any atom is -0.314 e. The second-order valence-corrected chi connectivity index (χ2v) is 6.74. The Hall–Kier alpha value is -3.37. The average molecular weight is 443 g/mol. The lowest BCUT2D eigenvalue weighted by molar-refractivity contribution is -0.140. The zero-order valence-electron chi connectivity index (χ0n) is 16.0. The molecule has 0 unspecified atom stereocenters. The normalized spacial score (nSPS) is 14.5. The number of anilines is 1. The number of amides is 2. The molecule has 2 aromatic carbocycles. The largest absolute Gasteiger partial charge is 0.419 e. The van der Waals surface area contributed by atoms with Gasteiger partial charge >= 0.3 is 6.18 Å². The van der Waals surface area contributed by atoms with E-state index in [0.29, 0.717) is 18.2 Å². The van der Waals surface area contributed by atoms with Gasteiger partial charge in [0.05, 0.1) is 11.3 Å². The van der Waals surface area contributed by atoms with Crippen molar-refractivity contribution in [2.24, 2.45) is 5.10 Å². The van der Waals surface area contributed by atoms with Gasteiger partial charge in [-0.2, -0.15) is 18.3 Å². The topological polar surface area (TPSA) is 53.0 Å². The van der Waals surface area contributed by atoms with Crippen molar-refractivity contribution in [3.63, 3.8) is 0 Å². The summed E-state index contributed by atoms with van der Waals surface area (Å²) in [5.41, 5.74) is -1.69. The Kier molecular flexibility index (Phi) is 6.05. The number of carbonyl (C=O) groups is 2. The molecule has 0 N–H and O–H groups in total. The third kappa shape index (κ3) is 4.86. The van der Waals surface area contributed by atoms with E-state index in [9.17, 15) is 35.9 Å². The highest BCUT2D eigenvalue weighted by Crippen LogP contribution is 2.33. The second kappa shape index (κ2) is 8.40. The van der Waals surface area contributed by atoms with Gasteiger partial charge in [0.2, 0.25) is 11.8 Å². The molecule has 0 atom stereocenters. The maximum Gasteiger partial charge on any atom is 0.419 e. The average Bonchev–Trinajstić information content (AvgIpc) is 2.69. The smallest absolute Gasteiger partial charge is 0.314 e. The number of benzene rings is 2. The number of alkyl halides is 3. The Balaban J connectivity index is 1.82. The quantitative estimate of drug-likeness (QED) is 0.668. The van der Waals surface area contributed by atoms with E-state index >= 15 is 0 Å². The molecule has 0 saturated heterocycles. The molecule has 3 rings (SSSR count). The summed E-state index contributed by atoms with van der Waals surface area (Å²) in [6, 6.07) is 4.89. The molecule has 0 fully saturated rings. The molecule has 5 nitrogen and oxygen atoms in total. The monoisotopic (exact) mass is 443 g/mol. The summed E-state index contributed by atoms with van der Waals surface area (Å²) in [5.74, 6) is -4.53. The summed E-state index contributed by atoms with van der Waals surface area (Å²) in [6.07, 6.45) is -4.98. The first-order valence-corrected chi connectivity index (χ1v) is 8.94. The number of hydrogen-bond donors (Lipinski definition) is 0. The second-order valence-electron chi connectivity index (χ2n) is 6.74. The molecule has 164 valence electrons. The maximum absolute atomic E-state index is 14.0. The van der Waals surface area contributed by atoms with Gasteiger partial charge < -0.3 is 4.90 Å². The zero-order chi connectivity index (χ0) is 22.9. The van der Waals surface area contributed by atoms with Crippen LogP contribution in [-0.2, 0) is 15.8 Å². The number of likely N-dealkylation sites (N-methyl/N-ethyl adjacent to an activating group) is 1. The van der Waals surface area contributed by atoms with Gasteiger partial charge in [-0.25, -0.2) is 18.2 Å². The summed E-state index contributed by atoms with van der Waals surface area (Å²) in [4.78, 5) is 25.5. The first-order chi connectivity index (χ1) is 14.5. The lowest BCUT2D eigenvalue weighted by atomic mass is 10.0. The van der Waals surface area contributed by atoms with Crippen LogP contribution in [0.1, 0.15) is 24.0 Å². The molecule has 0 bridgehead atoms. The number of carbonyl (C=O) groups excluding carboxylic acids is 2. The molecule has 0 aromatic heterocycles. The highest BCUT2D eigenvalue weighted by atomic mass is 19.4. The van der Waals surface area contributed by atoms with Crippen molar-refractivity contribution in [2.45, 2.75) is 19.0 Å². The van der Waals surface area contributed by atoms with Crippen LogP contribution in [0.15, 0.2) is 41.5 Å². The van der Waals surface area contributed by atoms with Crippen LogP contribution in [0.5, 0.6) is 0 Å². The molecule has 1 aliphatic heterocycles. The van der Waals surface area contributed by atoms with Crippen LogP contribution in [0, 0.1) is 17.5 Å². The summed E-state index contributed by atoms with van der Waals surface area (Å²) in [7, 11) is 1.16. The van der Waals surface area contributed by atoms with Gasteiger partial charge in [-0.3, -0.25) is 9.59 Å². The van der Waals surface area contributed by atoms with E-state index in [-0.39, 0.29) is 29.8 Å². The molecule has 2 aromatic rings. The summed E-state index contributed by atoms with van der Waals surface area (Å²) < 4.78 is 79.3. The van der Waals surface area contributed by atoms with Crippen molar-refractivity contribution in [3.8, 4) is 0 Å². The van der Waals surface area contributed by atoms with Crippen LogP contribution in [0.25, 0.3) is 0 Å². The van der Waals surface area contributed by atoms with Gasteiger partial charge in [-0.05, 0) is 30.3 Å². The Morgan fingerprint density at radius 1 is 1.06 bits per heavy atom. The Labute approximate surface area is 172 Å². The standard InChI is InChI=1S/C20H15F6N3O2/c1-28(12-3-5-15(22)14(9-12)20(24,25)26)19(31)10-29-18(30)7-6-17(27-29)13-4-2-11(21)8-16(13)23/h2-5,8-9H,6-7,10H2,1H3. The lowest BCUT2D eigenvalue weighted by Gasteiger charge is -2.26. The van der Waals surface area contributed by atoms with Crippen molar-refractivity contribution >= 4 is 23.2 Å². The molecule has 2 amide bonds. The fourth-order valence-corrected chi connectivity index (χ4v) is 2.96. The molecule has 1 heterocycles. The number of hydrazone groups is 1. The van der Waals surface area contributed by atoms with Crippen LogP contribution in [0.2, 0.25) is 0 Å². The first kappa shape index (κ1) is 22.3. The molecule has 0 spiro atoms. The van der Waals surface area contributed by atoms with E-state index in [4.69, 9.17) is 0 Å². The van der Waals surface area contributed by atoms with Crippen LogP contribution in [0.4, 0.5) is 32.0 Å². The van der Waals surface area contributed by atoms with Crippen molar-refractivity contribution in [1.82, 2.24) is 5.01 Å². The van der Waals surface area contributed by atoms with E-state index in [0.717, 1.165) is 35.2 Å². The van der Waals surface area contributed by atoms with Crippen molar-refractivity contribution in [1.29, 1.82) is 0 Å². The van der Waals surface area contributed by atoms with E-state index in [2.05, 4.69) is 5.10 Å². The molecule has 0 aliphatic carbocycles. The fourth-order valence-electron chi connectivity index (χ4n) is 2.96. The van der Waals surface area contributed by atoms with E-state index in [1.54, 1.807) is 0 Å². The number of rotatable bonds is 4. The van der Waals surface area contributed by atoms with Gasteiger partial charge in [0.25, 0.3) is 0 Å². The molecule has 31 heavy (non-hydrogen) atoms. The summed E-state index contributed by atoms with van der Waals surface area (Å²) in [6.45, 7) is -0.639. The number of nitrogens with zero attached hydrogens (tertiary/aromatic N) is 3. The zero-order valence-corrected chi connectivity index (χ0v) is 16.0. The van der Waals surface area contributed by atoms with E-state index in [1.807, 2.05) is 0 Å². The minimum atomic E-state index is -4.95. The predicted molar refractivity (Wildman–Crippen MR) is 98.7 cm³/mol. The highest BCUT2D eigenvalue weighted by molar-refractivity contribution is 6.05. The van der Waals surface area contributed by atoms with Gasteiger partial charge in [-0.1, -0.05) is 0 Å². The number of hydrogen-bond acceptors (Lipinski definition) is 3. The third-order valence-electron chi connectivity index (χ3n) is 4.65. The molecule has 11 heteroatoms. The summed E-state index contributed by atoms with van der Waals surface area (Å²) in [5, 5.41) is 4.73. The van der Waals surface area contributed by atoms with Crippen LogP contribution < -0.4 is 4.90 Å². The van der Waals surface area contributed by atoms with Crippen molar-refractivity contribution in [3.05, 3.63) is 65.0 Å². The van der Waals surface area contributed by atoms with E-state index < -0.39 is 47.6 Å². The van der Waals surface area contributed by atoms with Crippen LogP contribution in [-0.4, -0.2) is 36.1 Å². The van der Waals surface area contributed by atoms with Crippen LogP contribution in [0.3, 0.4) is 0 Å². The van der Waals surface area contributed by atoms with E-state index in [1.165, 1.54) is 0 Å². The van der Waals surface area contributed by atoms with Gasteiger partial charge in [0, 0.05) is 37.2 Å². The molecular formula is C20H15F6N3O2.